The lowest BCUT2D eigenvalue weighted by molar-refractivity contribution is -0.116. The van der Waals surface area contributed by atoms with Crippen molar-refractivity contribution >= 4 is 17.5 Å². The average Bonchev–Trinajstić information content (AvgIpc) is 3.20. The molecule has 2 amide bonds. The normalized spacial score (nSPS) is 10.4. The second kappa shape index (κ2) is 8.70. The fourth-order valence-corrected chi connectivity index (χ4v) is 2.41. The quantitative estimate of drug-likeness (QED) is 0.693. The van der Waals surface area contributed by atoms with Gasteiger partial charge >= 0.3 is 0 Å². The summed E-state index contributed by atoms with van der Waals surface area (Å²) >= 11 is 0. The predicted molar refractivity (Wildman–Crippen MR) is 95.1 cm³/mol. The number of anilines is 1. The van der Waals surface area contributed by atoms with E-state index in [1.807, 2.05) is 0 Å². The molecule has 0 aliphatic carbocycles. The van der Waals surface area contributed by atoms with E-state index in [0.29, 0.717) is 11.4 Å². The summed E-state index contributed by atoms with van der Waals surface area (Å²) in [5.41, 5.74) is 0.669. The number of carbonyl (C=O) groups excluding carboxylic acids is 2. The first-order valence-corrected chi connectivity index (χ1v) is 8.25. The van der Waals surface area contributed by atoms with Crippen LogP contribution in [0.4, 0.5) is 10.1 Å². The largest absolute Gasteiger partial charge is 0.467 e. The highest BCUT2D eigenvalue weighted by molar-refractivity contribution is 5.93. The van der Waals surface area contributed by atoms with Crippen LogP contribution in [0.15, 0.2) is 65.7 Å². The standard InChI is InChI=1S/C19H17FN4O3/c20-14-3-5-15(6-4-14)23-18(25)7-10-24(13-16-2-1-11-27-16)19(26)17-12-21-8-9-22-17/h1-6,8-9,11-12H,7,10,13H2,(H,23,25). The highest BCUT2D eigenvalue weighted by Gasteiger charge is 2.19. The molecule has 0 radical (unpaired) electrons. The molecule has 7 nitrogen and oxygen atoms in total. The summed E-state index contributed by atoms with van der Waals surface area (Å²) in [6.45, 7) is 0.357. The van der Waals surface area contributed by atoms with Crippen LogP contribution in [0.1, 0.15) is 22.7 Å². The summed E-state index contributed by atoms with van der Waals surface area (Å²) in [6, 6.07) is 8.93. The van der Waals surface area contributed by atoms with E-state index in [4.69, 9.17) is 4.42 Å². The molecule has 0 fully saturated rings. The van der Waals surface area contributed by atoms with E-state index in [1.165, 1.54) is 54.0 Å². The molecular weight excluding hydrogens is 351 g/mol. The number of carbonyl (C=O) groups is 2. The number of hydrogen-bond acceptors (Lipinski definition) is 5. The number of amides is 2. The number of hydrogen-bond donors (Lipinski definition) is 1. The van der Waals surface area contributed by atoms with Crippen LogP contribution in [0, 0.1) is 5.82 Å². The molecule has 0 saturated heterocycles. The van der Waals surface area contributed by atoms with Gasteiger partial charge in [-0.25, -0.2) is 9.37 Å². The van der Waals surface area contributed by atoms with Gasteiger partial charge in [0, 0.05) is 31.0 Å². The Morgan fingerprint density at radius 3 is 2.63 bits per heavy atom. The summed E-state index contributed by atoms with van der Waals surface area (Å²) < 4.78 is 18.2. The van der Waals surface area contributed by atoms with Gasteiger partial charge in [-0.15, -0.1) is 0 Å². The molecule has 0 saturated carbocycles. The van der Waals surface area contributed by atoms with Crippen LogP contribution in [-0.2, 0) is 11.3 Å². The number of halogens is 1. The van der Waals surface area contributed by atoms with Crippen molar-refractivity contribution in [1.29, 1.82) is 0 Å². The maximum absolute atomic E-state index is 12.9. The van der Waals surface area contributed by atoms with Crippen LogP contribution in [0.5, 0.6) is 0 Å². The summed E-state index contributed by atoms with van der Waals surface area (Å²) in [4.78, 5) is 34.2. The van der Waals surface area contributed by atoms with Crippen molar-refractivity contribution in [3.05, 3.63) is 78.5 Å². The van der Waals surface area contributed by atoms with Gasteiger partial charge in [0.25, 0.3) is 5.91 Å². The number of furan rings is 1. The minimum atomic E-state index is -0.382. The van der Waals surface area contributed by atoms with Crippen molar-refractivity contribution in [1.82, 2.24) is 14.9 Å². The second-order valence-electron chi connectivity index (χ2n) is 5.70. The molecule has 1 aromatic carbocycles. The Morgan fingerprint density at radius 1 is 1.15 bits per heavy atom. The molecule has 3 rings (SSSR count). The smallest absolute Gasteiger partial charge is 0.274 e. The van der Waals surface area contributed by atoms with Crippen molar-refractivity contribution in [2.45, 2.75) is 13.0 Å². The van der Waals surface area contributed by atoms with E-state index in [1.54, 1.807) is 12.1 Å². The van der Waals surface area contributed by atoms with Crippen molar-refractivity contribution in [2.75, 3.05) is 11.9 Å². The van der Waals surface area contributed by atoms with Gasteiger partial charge in [-0.2, -0.15) is 0 Å². The molecule has 1 N–H and O–H groups in total. The number of nitrogens with zero attached hydrogens (tertiary/aromatic N) is 3. The first kappa shape index (κ1) is 18.2. The Labute approximate surface area is 154 Å². The van der Waals surface area contributed by atoms with Gasteiger partial charge in [-0.05, 0) is 36.4 Å². The van der Waals surface area contributed by atoms with E-state index in [-0.39, 0.29) is 42.8 Å². The third kappa shape index (κ3) is 5.21. The third-order valence-electron chi connectivity index (χ3n) is 3.73. The molecule has 0 aliphatic rings. The lowest BCUT2D eigenvalue weighted by Gasteiger charge is -2.21. The maximum atomic E-state index is 12.9. The van der Waals surface area contributed by atoms with Crippen molar-refractivity contribution in [3.8, 4) is 0 Å². The van der Waals surface area contributed by atoms with Crippen molar-refractivity contribution in [2.24, 2.45) is 0 Å². The van der Waals surface area contributed by atoms with E-state index in [2.05, 4.69) is 15.3 Å². The van der Waals surface area contributed by atoms with Gasteiger partial charge in [-0.3, -0.25) is 14.6 Å². The van der Waals surface area contributed by atoms with E-state index < -0.39 is 0 Å². The van der Waals surface area contributed by atoms with Crippen molar-refractivity contribution in [3.63, 3.8) is 0 Å². The zero-order valence-electron chi connectivity index (χ0n) is 14.3. The molecule has 0 aliphatic heterocycles. The van der Waals surface area contributed by atoms with Crippen LogP contribution in [0.25, 0.3) is 0 Å². The van der Waals surface area contributed by atoms with Gasteiger partial charge in [0.15, 0.2) is 0 Å². The molecule has 3 aromatic rings. The van der Waals surface area contributed by atoms with Gasteiger partial charge in [0.05, 0.1) is 19.0 Å². The summed E-state index contributed by atoms with van der Waals surface area (Å²) in [5.74, 6) is -0.439. The molecule has 0 atom stereocenters. The van der Waals surface area contributed by atoms with Crippen molar-refractivity contribution < 1.29 is 18.4 Å². The van der Waals surface area contributed by atoms with Gasteiger partial charge in [-0.1, -0.05) is 0 Å². The summed E-state index contributed by atoms with van der Waals surface area (Å²) in [7, 11) is 0. The fourth-order valence-electron chi connectivity index (χ4n) is 2.41. The van der Waals surface area contributed by atoms with Gasteiger partial charge in [0.1, 0.15) is 17.3 Å². The van der Waals surface area contributed by atoms with Crippen LogP contribution in [0.2, 0.25) is 0 Å². The first-order valence-electron chi connectivity index (χ1n) is 8.25. The molecule has 2 heterocycles. The Hall–Kier alpha value is -3.55. The average molecular weight is 368 g/mol. The molecule has 2 aromatic heterocycles. The Balaban J connectivity index is 1.64. The molecule has 0 spiro atoms. The molecule has 0 bridgehead atoms. The van der Waals surface area contributed by atoms with Crippen LogP contribution in [0.3, 0.4) is 0 Å². The van der Waals surface area contributed by atoms with Crippen LogP contribution < -0.4 is 5.32 Å². The second-order valence-corrected chi connectivity index (χ2v) is 5.70. The minimum Gasteiger partial charge on any atom is -0.467 e. The summed E-state index contributed by atoms with van der Waals surface area (Å²) in [5, 5.41) is 2.67. The minimum absolute atomic E-state index is 0.0596. The van der Waals surface area contributed by atoms with Crippen LogP contribution >= 0.6 is 0 Å². The number of nitrogens with one attached hydrogen (secondary N) is 1. The van der Waals surface area contributed by atoms with Gasteiger partial charge < -0.3 is 14.6 Å². The Morgan fingerprint density at radius 2 is 1.96 bits per heavy atom. The van der Waals surface area contributed by atoms with E-state index in [9.17, 15) is 14.0 Å². The van der Waals surface area contributed by atoms with Gasteiger partial charge in [0.2, 0.25) is 5.91 Å². The topological polar surface area (TPSA) is 88.3 Å². The predicted octanol–water partition coefficient (Wildman–Crippen LogP) is 2.88. The fraction of sp³-hybridized carbons (Fsp3) is 0.158. The highest BCUT2D eigenvalue weighted by Crippen LogP contribution is 2.12. The van der Waals surface area contributed by atoms with E-state index in [0.717, 1.165) is 0 Å². The summed E-state index contributed by atoms with van der Waals surface area (Å²) in [6.07, 6.45) is 5.85. The lowest BCUT2D eigenvalue weighted by atomic mass is 10.2. The molecular formula is C19H17FN4O3. The number of benzene rings is 1. The molecule has 0 unspecified atom stereocenters. The molecule has 27 heavy (non-hydrogen) atoms. The monoisotopic (exact) mass is 368 g/mol. The van der Waals surface area contributed by atoms with E-state index >= 15 is 0 Å². The maximum Gasteiger partial charge on any atom is 0.274 e. The Bertz CT molecular complexity index is 883. The highest BCUT2D eigenvalue weighted by atomic mass is 19.1. The third-order valence-corrected chi connectivity index (χ3v) is 3.73. The zero-order valence-corrected chi connectivity index (χ0v) is 14.3. The first-order chi connectivity index (χ1) is 13.1. The molecule has 138 valence electrons. The zero-order chi connectivity index (χ0) is 19.1. The Kier molecular flexibility index (Phi) is 5.88. The number of aromatic nitrogens is 2. The SMILES string of the molecule is O=C(CCN(Cc1ccco1)C(=O)c1cnccn1)Nc1ccc(F)cc1. The van der Waals surface area contributed by atoms with Crippen LogP contribution in [-0.4, -0.2) is 33.2 Å². The molecule has 8 heteroatoms. The number of rotatable bonds is 7. The lowest BCUT2D eigenvalue weighted by Crippen LogP contribution is -2.34.